The number of Topliss-reactive ketones (excluding diaryl/α,β-unsaturated/α-hetero) is 1. The minimum atomic E-state index is -0.283. The summed E-state index contributed by atoms with van der Waals surface area (Å²) >= 11 is 0. The number of aryl methyl sites for hydroxylation is 1. The van der Waals surface area contributed by atoms with Crippen LogP contribution in [0.15, 0.2) is 4.52 Å². The molecule has 0 saturated carbocycles. The highest BCUT2D eigenvalue weighted by Crippen LogP contribution is 2.34. The zero-order chi connectivity index (χ0) is 22.7. The molecule has 0 saturated heterocycles. The lowest BCUT2D eigenvalue weighted by Crippen LogP contribution is -2.21. The quantitative estimate of drug-likeness (QED) is 0.548. The molecule has 5 nitrogen and oxygen atoms in total. The van der Waals surface area contributed by atoms with Crippen molar-refractivity contribution in [2.24, 2.45) is 5.92 Å². The van der Waals surface area contributed by atoms with E-state index in [1.54, 1.807) is 0 Å². The number of benzene rings is 1. The molecule has 2 aromatic rings. The van der Waals surface area contributed by atoms with Crippen LogP contribution in [0.2, 0.25) is 0 Å². The van der Waals surface area contributed by atoms with Crippen molar-refractivity contribution in [2.45, 2.75) is 80.6 Å². The molecule has 2 rings (SSSR count). The zero-order valence-electron chi connectivity index (χ0n) is 19.9. The number of carbonyl (C=O) groups is 2. The van der Waals surface area contributed by atoms with Gasteiger partial charge in [-0.2, -0.15) is 0 Å². The molecule has 2 atom stereocenters. The van der Waals surface area contributed by atoms with Gasteiger partial charge in [-0.15, -0.1) is 0 Å². The lowest BCUT2D eigenvalue weighted by atomic mass is 9.81. The molecule has 1 unspecified atom stereocenters. The molecule has 0 radical (unpaired) electrons. The van der Waals surface area contributed by atoms with Crippen molar-refractivity contribution in [3.8, 4) is 0 Å². The second kappa shape index (κ2) is 9.59. The molecule has 0 bridgehead atoms. The van der Waals surface area contributed by atoms with Crippen LogP contribution in [0.3, 0.4) is 0 Å². The normalized spacial score (nSPS) is 13.2. The van der Waals surface area contributed by atoms with Crippen molar-refractivity contribution in [1.29, 1.82) is 0 Å². The van der Waals surface area contributed by atoms with E-state index in [4.69, 9.17) is 9.26 Å². The summed E-state index contributed by atoms with van der Waals surface area (Å²) < 4.78 is 10.2. The van der Waals surface area contributed by atoms with Crippen LogP contribution in [0, 0.1) is 54.4 Å². The van der Waals surface area contributed by atoms with Gasteiger partial charge in [-0.3, -0.25) is 9.59 Å². The van der Waals surface area contributed by atoms with E-state index in [0.29, 0.717) is 12.8 Å². The molecule has 0 N–H and O–H groups in total. The summed E-state index contributed by atoms with van der Waals surface area (Å²) in [5.74, 6) is 0.319. The van der Waals surface area contributed by atoms with Crippen molar-refractivity contribution in [2.75, 3.05) is 7.11 Å². The summed E-state index contributed by atoms with van der Waals surface area (Å²) in [7, 11) is 1.38. The summed E-state index contributed by atoms with van der Waals surface area (Å²) in [6.45, 7) is 16.3. The first kappa shape index (κ1) is 23.8. The molecule has 0 spiro atoms. The number of ketones is 1. The monoisotopic (exact) mass is 413 g/mol. The summed E-state index contributed by atoms with van der Waals surface area (Å²) in [6.07, 6.45) is 0.938. The molecule has 5 heteroatoms. The van der Waals surface area contributed by atoms with E-state index in [1.807, 2.05) is 20.8 Å². The van der Waals surface area contributed by atoms with Crippen LogP contribution in [0.1, 0.15) is 76.1 Å². The first-order valence-electron chi connectivity index (χ1n) is 10.6. The molecule has 164 valence electrons. The Morgan fingerprint density at radius 3 is 1.87 bits per heavy atom. The predicted octanol–water partition coefficient (Wildman–Crippen LogP) is 5.32. The van der Waals surface area contributed by atoms with Gasteiger partial charge in [0.05, 0.1) is 12.8 Å². The maximum atomic E-state index is 13.2. The highest BCUT2D eigenvalue weighted by Gasteiger charge is 2.30. The lowest BCUT2D eigenvalue weighted by molar-refractivity contribution is -0.142. The van der Waals surface area contributed by atoms with Gasteiger partial charge in [-0.1, -0.05) is 12.1 Å². The third-order valence-corrected chi connectivity index (χ3v) is 6.92. The van der Waals surface area contributed by atoms with E-state index in [-0.39, 0.29) is 30.0 Å². The van der Waals surface area contributed by atoms with Gasteiger partial charge in [0, 0.05) is 30.7 Å². The highest BCUT2D eigenvalue weighted by molar-refractivity contribution is 5.83. The molecule has 0 amide bonds. The van der Waals surface area contributed by atoms with E-state index in [1.165, 1.54) is 34.9 Å². The average Bonchev–Trinajstić information content (AvgIpc) is 3.04. The predicted molar refractivity (Wildman–Crippen MR) is 118 cm³/mol. The molecule has 0 aliphatic heterocycles. The Bertz CT molecular complexity index is 926. The van der Waals surface area contributed by atoms with Crippen molar-refractivity contribution < 1.29 is 18.8 Å². The van der Waals surface area contributed by atoms with Crippen LogP contribution >= 0.6 is 0 Å². The number of ether oxygens (including phenoxy) is 1. The second-order valence-corrected chi connectivity index (χ2v) is 8.64. The van der Waals surface area contributed by atoms with Gasteiger partial charge in [-0.25, -0.2) is 0 Å². The molecular weight excluding hydrogens is 378 g/mol. The number of hydrogen-bond acceptors (Lipinski definition) is 5. The van der Waals surface area contributed by atoms with E-state index < -0.39 is 0 Å². The number of nitrogens with zero attached hydrogens (tertiary/aromatic N) is 1. The van der Waals surface area contributed by atoms with E-state index in [2.05, 4.69) is 39.8 Å². The molecular formula is C25H35NO4. The highest BCUT2D eigenvalue weighted by atomic mass is 16.5. The maximum absolute atomic E-state index is 13.2. The fourth-order valence-corrected chi connectivity index (χ4v) is 4.19. The summed E-state index contributed by atoms with van der Waals surface area (Å²) in [5.41, 5.74) is 9.00. The van der Waals surface area contributed by atoms with Crippen LogP contribution in [-0.2, 0) is 20.7 Å². The van der Waals surface area contributed by atoms with E-state index >= 15 is 0 Å². The first-order valence-corrected chi connectivity index (χ1v) is 10.6. The van der Waals surface area contributed by atoms with Gasteiger partial charge in [0.15, 0.2) is 0 Å². The SMILES string of the molecule is COC(=O)C[C@@H](C)C(CC(=O)Cc1c(C)c(C)c(C)c(C)c1C)c1noc(C)c1C. The summed E-state index contributed by atoms with van der Waals surface area (Å²) in [4.78, 5) is 25.1. The molecule has 1 aromatic heterocycles. The minimum absolute atomic E-state index is 0.0896. The third kappa shape index (κ3) is 4.82. The Morgan fingerprint density at radius 1 is 0.867 bits per heavy atom. The molecule has 1 aromatic carbocycles. The van der Waals surface area contributed by atoms with Crippen molar-refractivity contribution in [3.05, 3.63) is 50.4 Å². The number of carbonyl (C=O) groups excluding carboxylic acids is 2. The van der Waals surface area contributed by atoms with Gasteiger partial charge >= 0.3 is 5.97 Å². The van der Waals surface area contributed by atoms with Crippen molar-refractivity contribution >= 4 is 11.8 Å². The Labute approximate surface area is 180 Å². The van der Waals surface area contributed by atoms with Crippen LogP contribution in [0.25, 0.3) is 0 Å². The average molecular weight is 414 g/mol. The zero-order valence-corrected chi connectivity index (χ0v) is 19.9. The Kier molecular flexibility index (Phi) is 7.62. The number of hydrogen-bond donors (Lipinski definition) is 0. The van der Waals surface area contributed by atoms with Crippen LogP contribution < -0.4 is 0 Å². The molecule has 0 fully saturated rings. The smallest absolute Gasteiger partial charge is 0.305 e. The second-order valence-electron chi connectivity index (χ2n) is 8.64. The van der Waals surface area contributed by atoms with Crippen LogP contribution in [-0.4, -0.2) is 24.0 Å². The van der Waals surface area contributed by atoms with Gasteiger partial charge < -0.3 is 9.26 Å². The Balaban J connectivity index is 2.33. The summed E-state index contributed by atoms with van der Waals surface area (Å²) in [6, 6.07) is 0. The number of esters is 1. The van der Waals surface area contributed by atoms with E-state index in [0.717, 1.165) is 22.6 Å². The van der Waals surface area contributed by atoms with Crippen molar-refractivity contribution in [1.82, 2.24) is 5.16 Å². The van der Waals surface area contributed by atoms with Gasteiger partial charge in [0.1, 0.15) is 11.5 Å². The number of aromatic nitrogens is 1. The topological polar surface area (TPSA) is 69.4 Å². The van der Waals surface area contributed by atoms with Gasteiger partial charge in [-0.05, 0) is 87.8 Å². The maximum Gasteiger partial charge on any atom is 0.305 e. The first-order chi connectivity index (χ1) is 14.0. The largest absolute Gasteiger partial charge is 0.469 e. The standard InChI is InChI=1S/C25H35NO4/c1-13(10-24(28)29-9)22(25-19(7)20(8)30-26-25)11-21(27)12-23-17(5)15(3)14(2)16(4)18(23)6/h13,22H,10-12H2,1-9H3/t13-,22?/m1/s1. The summed E-state index contributed by atoms with van der Waals surface area (Å²) in [5, 5.41) is 4.23. The van der Waals surface area contributed by atoms with Crippen LogP contribution in [0.5, 0.6) is 0 Å². The Hall–Kier alpha value is -2.43. The van der Waals surface area contributed by atoms with Gasteiger partial charge in [0.2, 0.25) is 0 Å². The van der Waals surface area contributed by atoms with Gasteiger partial charge in [0.25, 0.3) is 0 Å². The molecule has 0 aliphatic carbocycles. The molecule has 0 aliphatic rings. The fraction of sp³-hybridized carbons (Fsp3) is 0.560. The lowest BCUT2D eigenvalue weighted by Gasteiger charge is -2.23. The van der Waals surface area contributed by atoms with E-state index in [9.17, 15) is 9.59 Å². The number of methoxy groups -OCH3 is 1. The van der Waals surface area contributed by atoms with Crippen molar-refractivity contribution in [3.63, 3.8) is 0 Å². The minimum Gasteiger partial charge on any atom is -0.469 e. The Morgan fingerprint density at radius 2 is 1.40 bits per heavy atom. The third-order valence-electron chi connectivity index (χ3n) is 6.92. The van der Waals surface area contributed by atoms with Crippen LogP contribution in [0.4, 0.5) is 0 Å². The molecule has 30 heavy (non-hydrogen) atoms. The molecule has 1 heterocycles. The number of rotatable bonds is 8. The fourth-order valence-electron chi connectivity index (χ4n) is 4.19.